The molecule has 0 radical (unpaired) electrons. The Morgan fingerprint density at radius 3 is 2.32 bits per heavy atom. The number of halogens is 3. The van der Waals surface area contributed by atoms with Crippen LogP contribution in [0.4, 0.5) is 22.8 Å². The molecule has 10 nitrogen and oxygen atoms in total. The average molecular weight is 524 g/mol. The third-order valence-corrected chi connectivity index (χ3v) is 7.48. The molecule has 2 N–H and O–H groups in total. The number of piperidine rings is 1. The van der Waals surface area contributed by atoms with Gasteiger partial charge in [-0.15, -0.1) is 0 Å². The zero-order valence-electron chi connectivity index (χ0n) is 20.0. The molecule has 2 saturated heterocycles. The summed E-state index contributed by atoms with van der Waals surface area (Å²) in [4.78, 5) is 32.6. The topological polar surface area (TPSA) is 121 Å². The molecule has 0 spiro atoms. The van der Waals surface area contributed by atoms with Crippen molar-refractivity contribution in [3.8, 4) is 0 Å². The van der Waals surface area contributed by atoms with E-state index in [9.17, 15) is 27.9 Å². The molecule has 2 atom stereocenters. The lowest BCUT2D eigenvalue weighted by Crippen LogP contribution is -2.52. The predicted molar refractivity (Wildman–Crippen MR) is 122 cm³/mol. The van der Waals surface area contributed by atoms with Crippen LogP contribution in [0.25, 0.3) is 0 Å². The van der Waals surface area contributed by atoms with Crippen LogP contribution in [0.3, 0.4) is 0 Å². The van der Waals surface area contributed by atoms with Gasteiger partial charge in [0.05, 0.1) is 18.8 Å². The number of benzene rings is 1. The number of nitrogens with zero attached hydrogens (tertiary/aromatic N) is 4. The van der Waals surface area contributed by atoms with Crippen molar-refractivity contribution in [1.82, 2.24) is 25.3 Å². The fourth-order valence-electron chi connectivity index (χ4n) is 5.31. The normalized spacial score (nSPS) is 23.9. The van der Waals surface area contributed by atoms with Gasteiger partial charge in [-0.3, -0.25) is 0 Å². The lowest BCUT2D eigenvalue weighted by Gasteiger charge is -2.40. The Balaban J connectivity index is 1.41. The molecule has 37 heavy (non-hydrogen) atoms. The first kappa shape index (κ1) is 25.3. The molecular weight excluding hydrogens is 495 g/mol. The second-order valence-corrected chi connectivity index (χ2v) is 9.86. The van der Waals surface area contributed by atoms with Crippen molar-refractivity contribution in [1.29, 1.82) is 0 Å². The van der Waals surface area contributed by atoms with E-state index in [1.807, 2.05) is 0 Å². The number of likely N-dealkylation sites (tertiary alicyclic amines) is 1. The van der Waals surface area contributed by atoms with Crippen LogP contribution in [-0.2, 0) is 16.5 Å². The fraction of sp³-hybridized carbons (Fsp3) is 0.583. The molecule has 2 unspecified atom stereocenters. The highest BCUT2D eigenvalue weighted by Crippen LogP contribution is 2.42. The Hall–Kier alpha value is -3.35. The zero-order valence-corrected chi connectivity index (χ0v) is 20.0. The van der Waals surface area contributed by atoms with Gasteiger partial charge in [-0.1, -0.05) is 17.3 Å². The number of morpholine rings is 1. The first-order chi connectivity index (χ1) is 17.6. The van der Waals surface area contributed by atoms with Crippen LogP contribution in [0.1, 0.15) is 60.4 Å². The number of alkyl halides is 3. The van der Waals surface area contributed by atoms with Crippen molar-refractivity contribution < 1.29 is 37.1 Å². The number of urea groups is 1. The summed E-state index contributed by atoms with van der Waals surface area (Å²) in [5.74, 6) is -0.0445. The molecule has 3 fully saturated rings. The minimum atomic E-state index is -4.44. The summed E-state index contributed by atoms with van der Waals surface area (Å²) in [5, 5.41) is 15.9. The van der Waals surface area contributed by atoms with E-state index in [2.05, 4.69) is 15.5 Å². The molecule has 3 amide bonds. The van der Waals surface area contributed by atoms with Crippen molar-refractivity contribution in [3.63, 3.8) is 0 Å². The van der Waals surface area contributed by atoms with Gasteiger partial charge in [0.2, 0.25) is 0 Å². The fourth-order valence-corrected chi connectivity index (χ4v) is 5.31. The molecule has 3 heterocycles. The summed E-state index contributed by atoms with van der Waals surface area (Å²) in [7, 11) is 0. The Kier molecular flexibility index (Phi) is 6.73. The average Bonchev–Trinajstić information content (AvgIpc) is 3.36. The van der Waals surface area contributed by atoms with Gasteiger partial charge in [-0.2, -0.15) is 18.2 Å². The van der Waals surface area contributed by atoms with E-state index in [-0.39, 0.29) is 23.8 Å². The van der Waals surface area contributed by atoms with E-state index in [0.717, 1.165) is 18.6 Å². The van der Waals surface area contributed by atoms with Crippen molar-refractivity contribution in [2.75, 3.05) is 39.4 Å². The van der Waals surface area contributed by atoms with E-state index in [0.29, 0.717) is 70.0 Å². The Morgan fingerprint density at radius 2 is 1.73 bits per heavy atom. The van der Waals surface area contributed by atoms with E-state index < -0.39 is 23.4 Å². The van der Waals surface area contributed by atoms with E-state index in [4.69, 9.17) is 9.26 Å². The standard InChI is InChI=1S/C24H28F3N5O5/c25-24(26,27)18-4-2-15(3-5-18)16-12-17(14-32(13-16)22(35)31-8-10-36-11-9-31)19-28-20(37-30-19)23(6-1-7-23)29-21(33)34/h2-5,16-17,29H,1,6-14H2,(H,33,34). The largest absolute Gasteiger partial charge is 0.465 e. The third kappa shape index (κ3) is 5.22. The van der Waals surface area contributed by atoms with Crippen LogP contribution in [0.5, 0.6) is 0 Å². The molecule has 13 heteroatoms. The molecular formula is C24H28F3N5O5. The SMILES string of the molecule is O=C(O)NC1(c2nc(C3CC(c4ccc(C(F)(F)F)cc4)CN(C(=O)N4CCOCC4)C3)no2)CCC1. The Bertz CT molecular complexity index is 1130. The summed E-state index contributed by atoms with van der Waals surface area (Å²) >= 11 is 0. The van der Waals surface area contributed by atoms with Crippen molar-refractivity contribution in [2.45, 2.75) is 49.2 Å². The number of carboxylic acid groups (broad SMARTS) is 1. The molecule has 0 bridgehead atoms. The van der Waals surface area contributed by atoms with Gasteiger partial charge >= 0.3 is 18.3 Å². The number of hydrogen-bond donors (Lipinski definition) is 2. The molecule has 2 aromatic rings. The first-order valence-corrected chi connectivity index (χ1v) is 12.3. The van der Waals surface area contributed by atoms with Crippen LogP contribution < -0.4 is 5.32 Å². The van der Waals surface area contributed by atoms with Gasteiger partial charge in [0.1, 0.15) is 5.54 Å². The van der Waals surface area contributed by atoms with Gasteiger partial charge < -0.3 is 29.5 Å². The predicted octanol–water partition coefficient (Wildman–Crippen LogP) is 3.76. The summed E-state index contributed by atoms with van der Waals surface area (Å²) < 4.78 is 50.1. The van der Waals surface area contributed by atoms with Crippen molar-refractivity contribution in [3.05, 3.63) is 47.1 Å². The second kappa shape index (κ2) is 9.84. The summed E-state index contributed by atoms with van der Waals surface area (Å²) in [6, 6.07) is 4.84. The van der Waals surface area contributed by atoms with E-state index >= 15 is 0 Å². The lowest BCUT2D eigenvalue weighted by atomic mass is 9.76. The zero-order chi connectivity index (χ0) is 26.2. The molecule has 1 aromatic carbocycles. The van der Waals surface area contributed by atoms with Gasteiger partial charge in [-0.05, 0) is 43.4 Å². The number of rotatable bonds is 4. The molecule has 1 aliphatic carbocycles. The maximum absolute atomic E-state index is 13.3. The lowest BCUT2D eigenvalue weighted by molar-refractivity contribution is -0.137. The number of carbonyl (C=O) groups is 2. The van der Waals surface area contributed by atoms with Crippen molar-refractivity contribution in [2.24, 2.45) is 0 Å². The Morgan fingerprint density at radius 1 is 1.05 bits per heavy atom. The molecule has 3 aliphatic rings. The number of amides is 3. The van der Waals surface area contributed by atoms with Crippen LogP contribution >= 0.6 is 0 Å². The highest BCUT2D eigenvalue weighted by molar-refractivity contribution is 5.75. The number of hydrogen-bond acceptors (Lipinski definition) is 6. The summed E-state index contributed by atoms with van der Waals surface area (Å²) in [6.45, 7) is 2.46. The van der Waals surface area contributed by atoms with E-state index in [1.54, 1.807) is 9.80 Å². The van der Waals surface area contributed by atoms with Gasteiger partial charge in [0, 0.05) is 38.0 Å². The molecule has 200 valence electrons. The molecule has 2 aliphatic heterocycles. The minimum Gasteiger partial charge on any atom is -0.465 e. The molecule has 1 aromatic heterocycles. The quantitative estimate of drug-likeness (QED) is 0.626. The highest BCUT2D eigenvalue weighted by atomic mass is 19.4. The van der Waals surface area contributed by atoms with Crippen LogP contribution in [0, 0.1) is 0 Å². The smallest absolute Gasteiger partial charge is 0.416 e. The number of aromatic nitrogens is 2. The Labute approximate surface area is 210 Å². The van der Waals surface area contributed by atoms with Crippen LogP contribution in [0.15, 0.2) is 28.8 Å². The van der Waals surface area contributed by atoms with Gasteiger partial charge in [0.15, 0.2) is 5.82 Å². The van der Waals surface area contributed by atoms with Crippen LogP contribution in [0.2, 0.25) is 0 Å². The van der Waals surface area contributed by atoms with Gasteiger partial charge in [0.25, 0.3) is 5.89 Å². The third-order valence-electron chi connectivity index (χ3n) is 7.48. The molecule has 1 saturated carbocycles. The maximum Gasteiger partial charge on any atom is 0.416 e. The monoisotopic (exact) mass is 523 g/mol. The first-order valence-electron chi connectivity index (χ1n) is 12.3. The van der Waals surface area contributed by atoms with Crippen LogP contribution in [-0.4, -0.2) is 76.6 Å². The summed E-state index contributed by atoms with van der Waals surface area (Å²) in [6.07, 6.45) is -3.21. The number of carbonyl (C=O) groups excluding carboxylic acids is 1. The number of nitrogens with one attached hydrogen (secondary N) is 1. The molecule has 5 rings (SSSR count). The maximum atomic E-state index is 13.3. The minimum absolute atomic E-state index is 0.170. The van der Waals surface area contributed by atoms with Gasteiger partial charge in [-0.25, -0.2) is 9.59 Å². The second-order valence-electron chi connectivity index (χ2n) is 9.86. The highest BCUT2D eigenvalue weighted by Gasteiger charge is 2.46. The summed E-state index contributed by atoms with van der Waals surface area (Å²) in [5.41, 5.74) is -0.962. The number of ether oxygens (including phenoxy) is 1. The van der Waals surface area contributed by atoms with E-state index in [1.165, 1.54) is 12.1 Å². The van der Waals surface area contributed by atoms with Crippen molar-refractivity contribution >= 4 is 12.1 Å².